The lowest BCUT2D eigenvalue weighted by molar-refractivity contribution is 0.374. The van der Waals surface area contributed by atoms with Crippen molar-refractivity contribution in [1.29, 1.82) is 0 Å². The number of hydrogen-bond acceptors (Lipinski definition) is 7. The third-order valence-corrected chi connectivity index (χ3v) is 7.67. The summed E-state index contributed by atoms with van der Waals surface area (Å²) in [7, 11) is -2.98. The number of sulfonamides is 1. The second-order valence-corrected chi connectivity index (χ2v) is 10.3. The van der Waals surface area contributed by atoms with Gasteiger partial charge in [-0.25, -0.2) is 22.7 Å². The molecule has 2 aromatic heterocycles. The molecule has 0 spiro atoms. The quantitative estimate of drug-likeness (QED) is 0.309. The van der Waals surface area contributed by atoms with Crippen LogP contribution in [0.2, 0.25) is 5.02 Å². The molecule has 2 atom stereocenters. The Balaban J connectivity index is 1.83. The Labute approximate surface area is 210 Å². The molecule has 0 saturated heterocycles. The summed E-state index contributed by atoms with van der Waals surface area (Å²) in [6.07, 6.45) is 1.70. The first kappa shape index (κ1) is 25.6. The van der Waals surface area contributed by atoms with Crippen LogP contribution in [0.15, 0.2) is 50.6 Å². The molecule has 0 unspecified atom stereocenters. The van der Waals surface area contributed by atoms with Crippen LogP contribution in [0.4, 0.5) is 4.39 Å². The number of rotatable bonds is 8. The minimum atomic E-state index is -4.28. The van der Waals surface area contributed by atoms with Crippen molar-refractivity contribution in [2.75, 3.05) is 7.11 Å². The Morgan fingerprint density at radius 3 is 2.53 bits per heavy atom. The van der Waals surface area contributed by atoms with E-state index in [9.17, 15) is 13.2 Å². The summed E-state index contributed by atoms with van der Waals surface area (Å²) < 4.78 is 54.9. The third kappa shape index (κ3) is 4.79. The van der Waals surface area contributed by atoms with E-state index < -0.39 is 33.6 Å². The lowest BCUT2D eigenvalue weighted by Crippen LogP contribution is -2.33. The minimum absolute atomic E-state index is 0.00433. The highest BCUT2D eigenvalue weighted by Gasteiger charge is 2.34. The lowest BCUT2D eigenvalue weighted by atomic mass is 9.86. The zero-order valence-corrected chi connectivity index (χ0v) is 21.3. The fourth-order valence-electron chi connectivity index (χ4n) is 4.18. The molecule has 0 fully saturated rings. The molecule has 10 nitrogen and oxygen atoms in total. The number of halogens is 2. The molecule has 4 rings (SSSR count). The average molecular weight is 536 g/mol. The normalized spacial score (nSPS) is 13.5. The molecular weight excluding hydrogens is 513 g/mol. The molecule has 0 bridgehead atoms. The summed E-state index contributed by atoms with van der Waals surface area (Å²) in [6, 6.07) is 5.69. The van der Waals surface area contributed by atoms with E-state index in [2.05, 4.69) is 25.1 Å². The number of nitrogens with one attached hydrogen (secondary N) is 3. The van der Waals surface area contributed by atoms with Crippen LogP contribution in [-0.4, -0.2) is 35.9 Å². The standard InChI is InChI=1S/C23H23ClFN5O5S/c1-11-15(16-10-26-27-13(16)3)6-7-17(25)20(11)12(2)21(22-28-29-23(31)35-22)30-36(32,33)19-8-5-14(24)9-18(19)34-4/h5-10,12,21,30H,1-4H3,(H,26,27)(H,29,31)/t12-,21+/m1/s1. The highest BCUT2D eigenvalue weighted by molar-refractivity contribution is 7.89. The Bertz CT molecular complexity index is 1580. The number of aromatic amines is 2. The number of nitrogens with zero attached hydrogens (tertiary/aromatic N) is 2. The van der Waals surface area contributed by atoms with Gasteiger partial charge in [0.25, 0.3) is 0 Å². The molecule has 0 saturated carbocycles. The van der Waals surface area contributed by atoms with Crippen molar-refractivity contribution in [2.24, 2.45) is 0 Å². The molecular formula is C23H23ClFN5O5S. The second-order valence-electron chi connectivity index (χ2n) is 8.15. The summed E-state index contributed by atoms with van der Waals surface area (Å²) >= 11 is 5.98. The number of ether oxygens (including phenoxy) is 1. The molecule has 0 aliphatic heterocycles. The average Bonchev–Trinajstić information content (AvgIpc) is 3.45. The molecule has 0 aliphatic carbocycles. The van der Waals surface area contributed by atoms with Crippen molar-refractivity contribution < 1.29 is 22.0 Å². The number of aromatic nitrogens is 4. The van der Waals surface area contributed by atoms with Crippen molar-refractivity contribution in [3.8, 4) is 16.9 Å². The number of H-pyrrole nitrogens is 2. The van der Waals surface area contributed by atoms with Crippen molar-refractivity contribution in [3.05, 3.63) is 80.6 Å². The molecule has 0 aliphatic rings. The van der Waals surface area contributed by atoms with Gasteiger partial charge in [0.05, 0.1) is 12.8 Å². The van der Waals surface area contributed by atoms with Crippen molar-refractivity contribution >= 4 is 21.6 Å². The number of benzene rings is 2. The maximum Gasteiger partial charge on any atom is 0.434 e. The predicted octanol–water partition coefficient (Wildman–Crippen LogP) is 3.99. The van der Waals surface area contributed by atoms with Gasteiger partial charge in [0.2, 0.25) is 15.9 Å². The van der Waals surface area contributed by atoms with Crippen molar-refractivity contribution in [1.82, 2.24) is 25.1 Å². The van der Waals surface area contributed by atoms with Gasteiger partial charge in [-0.1, -0.05) is 24.6 Å². The monoisotopic (exact) mass is 535 g/mol. The van der Waals surface area contributed by atoms with E-state index in [1.807, 2.05) is 6.92 Å². The molecule has 2 aromatic carbocycles. The highest BCUT2D eigenvalue weighted by Crippen LogP contribution is 2.39. The van der Waals surface area contributed by atoms with Crippen LogP contribution in [0.1, 0.15) is 41.6 Å². The van der Waals surface area contributed by atoms with Gasteiger partial charge in [0, 0.05) is 28.8 Å². The van der Waals surface area contributed by atoms with E-state index in [1.54, 1.807) is 26.1 Å². The summed E-state index contributed by atoms with van der Waals surface area (Å²) in [4.78, 5) is 11.5. The van der Waals surface area contributed by atoms with E-state index in [-0.39, 0.29) is 27.1 Å². The van der Waals surface area contributed by atoms with Crippen LogP contribution in [0.3, 0.4) is 0 Å². The second kappa shape index (κ2) is 9.88. The molecule has 13 heteroatoms. The topological polar surface area (TPSA) is 143 Å². The first-order chi connectivity index (χ1) is 17.0. The first-order valence-electron chi connectivity index (χ1n) is 10.7. The Morgan fingerprint density at radius 2 is 1.92 bits per heavy atom. The minimum Gasteiger partial charge on any atom is -0.495 e. The molecule has 190 valence electrons. The number of hydrogen-bond donors (Lipinski definition) is 3. The van der Waals surface area contributed by atoms with Gasteiger partial charge >= 0.3 is 5.76 Å². The largest absolute Gasteiger partial charge is 0.495 e. The maximum absolute atomic E-state index is 15.3. The van der Waals surface area contributed by atoms with Gasteiger partial charge in [-0.05, 0) is 48.7 Å². The highest BCUT2D eigenvalue weighted by atomic mass is 35.5. The van der Waals surface area contributed by atoms with Gasteiger partial charge < -0.3 is 9.15 Å². The van der Waals surface area contributed by atoms with E-state index in [4.69, 9.17) is 20.8 Å². The van der Waals surface area contributed by atoms with E-state index in [0.29, 0.717) is 16.8 Å². The first-order valence-corrected chi connectivity index (χ1v) is 12.6. The van der Waals surface area contributed by atoms with Crippen LogP contribution < -0.4 is 15.2 Å². The summed E-state index contributed by atoms with van der Waals surface area (Å²) in [6.45, 7) is 5.15. The Morgan fingerprint density at radius 1 is 1.17 bits per heavy atom. The van der Waals surface area contributed by atoms with E-state index in [0.717, 1.165) is 5.56 Å². The van der Waals surface area contributed by atoms with Crippen LogP contribution in [0.25, 0.3) is 11.1 Å². The predicted molar refractivity (Wildman–Crippen MR) is 130 cm³/mol. The molecule has 0 radical (unpaired) electrons. The van der Waals surface area contributed by atoms with Gasteiger partial charge in [0.1, 0.15) is 22.5 Å². The zero-order valence-electron chi connectivity index (χ0n) is 19.7. The summed E-state index contributed by atoms with van der Waals surface area (Å²) in [5.74, 6) is -2.56. The maximum atomic E-state index is 15.3. The molecule has 36 heavy (non-hydrogen) atoms. The van der Waals surface area contributed by atoms with Gasteiger partial charge in [-0.2, -0.15) is 9.82 Å². The van der Waals surface area contributed by atoms with Crippen LogP contribution in [-0.2, 0) is 10.0 Å². The van der Waals surface area contributed by atoms with Gasteiger partial charge in [-0.15, -0.1) is 5.10 Å². The molecule has 3 N–H and O–H groups in total. The lowest BCUT2D eigenvalue weighted by Gasteiger charge is -2.25. The molecule has 2 heterocycles. The zero-order chi connectivity index (χ0) is 26.2. The van der Waals surface area contributed by atoms with Gasteiger partial charge in [0.15, 0.2) is 0 Å². The SMILES string of the molecule is COc1cc(Cl)ccc1S(=O)(=O)N[C@H](c1n[nH]c(=O)o1)[C@H](C)c1c(F)ccc(-c2c[nH]nc2C)c1C. The van der Waals surface area contributed by atoms with Crippen LogP contribution in [0, 0.1) is 19.7 Å². The molecule has 0 amide bonds. The Kier molecular flexibility index (Phi) is 7.03. The smallest absolute Gasteiger partial charge is 0.434 e. The third-order valence-electron chi connectivity index (χ3n) is 5.96. The number of methoxy groups -OCH3 is 1. The fourth-order valence-corrected chi connectivity index (χ4v) is 5.76. The van der Waals surface area contributed by atoms with Crippen LogP contribution >= 0.6 is 11.6 Å². The van der Waals surface area contributed by atoms with Gasteiger partial charge in [-0.3, -0.25) is 5.10 Å². The molecule has 4 aromatic rings. The van der Waals surface area contributed by atoms with E-state index >= 15 is 4.39 Å². The fraction of sp³-hybridized carbons (Fsp3) is 0.261. The summed E-state index contributed by atoms with van der Waals surface area (Å²) in [5, 5.41) is 13.1. The van der Waals surface area contributed by atoms with E-state index in [1.165, 1.54) is 31.4 Å². The number of aryl methyl sites for hydroxylation is 1. The van der Waals surface area contributed by atoms with Crippen LogP contribution in [0.5, 0.6) is 5.75 Å². The Hall–Kier alpha value is -3.48. The van der Waals surface area contributed by atoms with Crippen molar-refractivity contribution in [3.63, 3.8) is 0 Å². The van der Waals surface area contributed by atoms with Crippen molar-refractivity contribution in [2.45, 2.75) is 37.6 Å². The summed E-state index contributed by atoms with van der Waals surface area (Å²) in [5.41, 5.74) is 2.99.